The van der Waals surface area contributed by atoms with Gasteiger partial charge in [-0.3, -0.25) is 9.69 Å². The Morgan fingerprint density at radius 1 is 1.27 bits per heavy atom. The van der Waals surface area contributed by atoms with Crippen LogP contribution in [0.2, 0.25) is 0 Å². The van der Waals surface area contributed by atoms with Gasteiger partial charge in [-0.05, 0) is 31.4 Å². The monoisotopic (exact) mass is 272 g/mol. The van der Waals surface area contributed by atoms with E-state index in [-0.39, 0.29) is 36.8 Å². The molecule has 15 heavy (non-hydrogen) atoms. The van der Waals surface area contributed by atoms with Crippen LogP contribution < -0.4 is 5.73 Å². The van der Waals surface area contributed by atoms with Gasteiger partial charge in [0.1, 0.15) is 0 Å². The van der Waals surface area contributed by atoms with Crippen LogP contribution in [0.4, 0.5) is 0 Å². The summed E-state index contributed by atoms with van der Waals surface area (Å²) >= 11 is 1.99. The zero-order chi connectivity index (χ0) is 9.26. The summed E-state index contributed by atoms with van der Waals surface area (Å²) in [5, 5.41) is 0.569. The average molecular weight is 273 g/mol. The third-order valence-electron chi connectivity index (χ3n) is 2.91. The van der Waals surface area contributed by atoms with Crippen LogP contribution in [0.5, 0.6) is 0 Å². The van der Waals surface area contributed by atoms with Gasteiger partial charge in [0.15, 0.2) is 0 Å². The first-order chi connectivity index (χ1) is 6.29. The molecule has 0 saturated carbocycles. The highest BCUT2D eigenvalue weighted by atomic mass is 35.5. The molecule has 0 aromatic rings. The van der Waals surface area contributed by atoms with Crippen molar-refractivity contribution >= 4 is 42.5 Å². The number of nitrogens with zero attached hydrogens (tertiary/aromatic N) is 1. The third kappa shape index (κ3) is 3.41. The number of carbonyl (C=O) groups is 1. The molecule has 2 atom stereocenters. The normalized spacial score (nSPS) is 30.7. The number of hydrogen-bond acceptors (Lipinski definition) is 3. The van der Waals surface area contributed by atoms with E-state index < -0.39 is 0 Å². The molecule has 90 valence electrons. The van der Waals surface area contributed by atoms with Crippen molar-refractivity contribution in [3.05, 3.63) is 0 Å². The molecule has 3 nitrogen and oxygen atoms in total. The fraction of sp³-hybridized carbons (Fsp3) is 0.889. The molecule has 2 unspecified atom stereocenters. The second kappa shape index (κ2) is 6.84. The molecule has 2 heterocycles. The standard InChI is InChI=1S/C9H16N2OS.2ClH/c10-9(12)7-3-4-8-11(7)5-1-2-6-13-8;;/h7-8H,1-6H2,(H2,10,12);2*1H. The molecule has 0 aliphatic carbocycles. The fourth-order valence-electron chi connectivity index (χ4n) is 2.23. The largest absolute Gasteiger partial charge is 0.368 e. The van der Waals surface area contributed by atoms with Crippen molar-refractivity contribution < 1.29 is 4.79 Å². The van der Waals surface area contributed by atoms with E-state index in [2.05, 4.69) is 4.90 Å². The van der Waals surface area contributed by atoms with Gasteiger partial charge < -0.3 is 5.73 Å². The van der Waals surface area contributed by atoms with Crippen molar-refractivity contribution in [2.45, 2.75) is 37.1 Å². The van der Waals surface area contributed by atoms with Gasteiger partial charge in [0, 0.05) is 6.54 Å². The predicted octanol–water partition coefficient (Wildman–Crippen LogP) is 1.63. The third-order valence-corrected chi connectivity index (χ3v) is 4.32. The van der Waals surface area contributed by atoms with Gasteiger partial charge >= 0.3 is 0 Å². The van der Waals surface area contributed by atoms with Crippen molar-refractivity contribution in [1.29, 1.82) is 0 Å². The van der Waals surface area contributed by atoms with E-state index in [0.29, 0.717) is 5.37 Å². The fourth-order valence-corrected chi connectivity index (χ4v) is 3.62. The van der Waals surface area contributed by atoms with Crippen molar-refractivity contribution in [1.82, 2.24) is 4.90 Å². The Labute approximate surface area is 107 Å². The van der Waals surface area contributed by atoms with Gasteiger partial charge in [-0.15, -0.1) is 36.6 Å². The van der Waals surface area contributed by atoms with Gasteiger partial charge in [-0.2, -0.15) is 0 Å². The second-order valence-electron chi connectivity index (χ2n) is 3.77. The molecule has 2 N–H and O–H groups in total. The molecule has 2 aliphatic heterocycles. The first-order valence-electron chi connectivity index (χ1n) is 4.95. The molecule has 0 aromatic heterocycles. The molecule has 6 heteroatoms. The summed E-state index contributed by atoms with van der Waals surface area (Å²) in [4.78, 5) is 13.4. The molecule has 0 radical (unpaired) electrons. The van der Waals surface area contributed by atoms with E-state index in [1.165, 1.54) is 18.6 Å². The van der Waals surface area contributed by atoms with E-state index >= 15 is 0 Å². The Bertz CT molecular complexity index is 218. The van der Waals surface area contributed by atoms with Crippen molar-refractivity contribution in [2.24, 2.45) is 5.73 Å². The number of primary amides is 1. The Balaban J connectivity index is 0.000000980. The summed E-state index contributed by atoms with van der Waals surface area (Å²) in [7, 11) is 0. The SMILES string of the molecule is Cl.Cl.NC(=O)C1CCC2SCCCCN21. The van der Waals surface area contributed by atoms with Crippen LogP contribution in [0, 0.1) is 0 Å². The van der Waals surface area contributed by atoms with E-state index in [1.807, 2.05) is 11.8 Å². The van der Waals surface area contributed by atoms with Gasteiger partial charge in [0.25, 0.3) is 0 Å². The van der Waals surface area contributed by atoms with Crippen LogP contribution in [0.15, 0.2) is 0 Å². The smallest absolute Gasteiger partial charge is 0.234 e. The topological polar surface area (TPSA) is 46.3 Å². The Kier molecular flexibility index (Phi) is 7.00. The van der Waals surface area contributed by atoms with Crippen LogP contribution in [0.1, 0.15) is 25.7 Å². The molecule has 0 aromatic carbocycles. The minimum atomic E-state index is -0.134. The molecular formula is C9H18Cl2N2OS. The molecule has 2 saturated heterocycles. The van der Waals surface area contributed by atoms with Gasteiger partial charge in [0.2, 0.25) is 5.91 Å². The number of halogens is 2. The first-order valence-corrected chi connectivity index (χ1v) is 6.00. The van der Waals surface area contributed by atoms with E-state index in [9.17, 15) is 4.79 Å². The minimum Gasteiger partial charge on any atom is -0.368 e. The van der Waals surface area contributed by atoms with E-state index in [4.69, 9.17) is 5.73 Å². The lowest BCUT2D eigenvalue weighted by Crippen LogP contribution is -2.42. The van der Waals surface area contributed by atoms with Crippen LogP contribution in [-0.4, -0.2) is 34.5 Å². The number of rotatable bonds is 1. The van der Waals surface area contributed by atoms with Crippen molar-refractivity contribution in [3.63, 3.8) is 0 Å². The predicted molar refractivity (Wildman–Crippen MR) is 68.9 cm³/mol. The van der Waals surface area contributed by atoms with Crippen LogP contribution in [0.25, 0.3) is 0 Å². The maximum Gasteiger partial charge on any atom is 0.234 e. The molecule has 0 spiro atoms. The lowest BCUT2D eigenvalue weighted by molar-refractivity contribution is -0.122. The minimum absolute atomic E-state index is 0. The number of amides is 1. The maximum atomic E-state index is 11.1. The van der Waals surface area contributed by atoms with Gasteiger partial charge in [0.05, 0.1) is 11.4 Å². The number of fused-ring (bicyclic) bond motifs is 1. The van der Waals surface area contributed by atoms with Gasteiger partial charge in [-0.1, -0.05) is 0 Å². The average Bonchev–Trinajstić information content (AvgIpc) is 2.36. The highest BCUT2D eigenvalue weighted by Crippen LogP contribution is 2.34. The van der Waals surface area contributed by atoms with E-state index in [0.717, 1.165) is 19.4 Å². The van der Waals surface area contributed by atoms with Crippen LogP contribution in [-0.2, 0) is 4.79 Å². The molecule has 2 aliphatic rings. The highest BCUT2D eigenvalue weighted by Gasteiger charge is 2.37. The molecule has 2 fully saturated rings. The van der Waals surface area contributed by atoms with Crippen molar-refractivity contribution in [2.75, 3.05) is 12.3 Å². The second-order valence-corrected chi connectivity index (χ2v) is 5.05. The Morgan fingerprint density at radius 2 is 2.00 bits per heavy atom. The lowest BCUT2D eigenvalue weighted by Gasteiger charge is -2.25. The maximum absolute atomic E-state index is 11.1. The van der Waals surface area contributed by atoms with Crippen molar-refractivity contribution in [3.8, 4) is 0 Å². The zero-order valence-corrected chi connectivity index (χ0v) is 11.0. The number of thioether (sulfide) groups is 1. The van der Waals surface area contributed by atoms with Crippen LogP contribution in [0.3, 0.4) is 0 Å². The molecule has 0 bridgehead atoms. The first kappa shape index (κ1) is 15.4. The quantitative estimate of drug-likeness (QED) is 0.790. The summed E-state index contributed by atoms with van der Waals surface area (Å²) in [6, 6.07) is 0.0237. The Morgan fingerprint density at radius 3 is 2.67 bits per heavy atom. The zero-order valence-electron chi connectivity index (χ0n) is 8.55. The summed E-state index contributed by atoms with van der Waals surface area (Å²) < 4.78 is 0. The number of carbonyl (C=O) groups excluding carboxylic acids is 1. The highest BCUT2D eigenvalue weighted by molar-refractivity contribution is 7.99. The number of hydrogen-bond donors (Lipinski definition) is 1. The van der Waals surface area contributed by atoms with E-state index in [1.54, 1.807) is 0 Å². The molecule has 2 rings (SSSR count). The lowest BCUT2D eigenvalue weighted by atomic mass is 10.2. The summed E-state index contributed by atoms with van der Waals surface area (Å²) in [5.74, 6) is 1.11. The summed E-state index contributed by atoms with van der Waals surface area (Å²) in [6.07, 6.45) is 4.60. The van der Waals surface area contributed by atoms with Crippen LogP contribution >= 0.6 is 36.6 Å². The summed E-state index contributed by atoms with van der Waals surface area (Å²) in [6.45, 7) is 1.06. The summed E-state index contributed by atoms with van der Waals surface area (Å²) in [5.41, 5.74) is 5.37. The molecule has 1 amide bonds. The van der Waals surface area contributed by atoms with Gasteiger partial charge in [-0.25, -0.2) is 0 Å². The number of nitrogens with two attached hydrogens (primary N) is 1. The molecular weight excluding hydrogens is 255 g/mol. The Hall–Kier alpha value is 0.360.